The first-order valence-electron chi connectivity index (χ1n) is 9.79. The quantitative estimate of drug-likeness (QED) is 0.717. The Labute approximate surface area is 165 Å². The van der Waals surface area contributed by atoms with Gasteiger partial charge in [0.1, 0.15) is 0 Å². The highest BCUT2D eigenvalue weighted by Crippen LogP contribution is 2.30. The Morgan fingerprint density at radius 3 is 2.63 bits per heavy atom. The highest BCUT2D eigenvalue weighted by atomic mass is 32.2. The molecule has 1 aromatic heterocycles. The lowest BCUT2D eigenvalue weighted by Crippen LogP contribution is -2.45. The first-order valence-corrected chi connectivity index (χ1v) is 11.0. The van der Waals surface area contributed by atoms with E-state index in [2.05, 4.69) is 47.4 Å². The van der Waals surface area contributed by atoms with Crippen LogP contribution in [0.1, 0.15) is 18.4 Å². The summed E-state index contributed by atoms with van der Waals surface area (Å²) in [5.41, 5.74) is 2.96. The number of benzene rings is 1. The Hall–Kier alpha value is -1.63. The van der Waals surface area contributed by atoms with E-state index in [1.54, 1.807) is 16.4 Å². The summed E-state index contributed by atoms with van der Waals surface area (Å²) >= 11 is 1.73. The van der Waals surface area contributed by atoms with Crippen molar-refractivity contribution in [3.05, 3.63) is 46.2 Å². The molecular weight excluding hydrogens is 356 g/mol. The minimum Gasteiger partial charge on any atom is -0.304 e. The molecule has 2 aromatic rings. The maximum Gasteiger partial charge on any atom is 0.271 e. The molecule has 1 saturated carbocycles. The highest BCUT2D eigenvalue weighted by Gasteiger charge is 2.24. The average molecular weight is 385 g/mol. The van der Waals surface area contributed by atoms with Crippen molar-refractivity contribution >= 4 is 11.8 Å². The van der Waals surface area contributed by atoms with Gasteiger partial charge in [-0.3, -0.25) is 9.69 Å². The number of likely N-dealkylation sites (N-methyl/N-ethyl adjacent to an activating group) is 1. The van der Waals surface area contributed by atoms with Gasteiger partial charge in [0.2, 0.25) is 0 Å². The van der Waals surface area contributed by atoms with E-state index in [0.29, 0.717) is 5.92 Å². The van der Waals surface area contributed by atoms with Crippen molar-refractivity contribution < 1.29 is 0 Å². The summed E-state index contributed by atoms with van der Waals surface area (Å²) in [6.07, 6.45) is 4.52. The number of thioether (sulfide) groups is 1. The van der Waals surface area contributed by atoms with Crippen LogP contribution in [0.25, 0.3) is 11.3 Å². The fourth-order valence-corrected chi connectivity index (χ4v) is 4.01. The van der Waals surface area contributed by atoms with Gasteiger partial charge in [0.25, 0.3) is 5.56 Å². The second kappa shape index (κ2) is 8.17. The standard InChI is InChI=1S/C21H28N4OS/c1-23-8-10-24(11-9-23)15-18-13-20(17-4-3-5-19(12-17)27-2)22-25(21(18)26)14-16-6-7-16/h3-5,12-13,16H,6-11,14-15H2,1-2H3. The van der Waals surface area contributed by atoms with Crippen molar-refractivity contribution in [2.75, 3.05) is 39.5 Å². The molecule has 1 aromatic carbocycles. The molecule has 0 radical (unpaired) electrons. The van der Waals surface area contributed by atoms with Gasteiger partial charge < -0.3 is 4.90 Å². The van der Waals surface area contributed by atoms with Gasteiger partial charge >= 0.3 is 0 Å². The van der Waals surface area contributed by atoms with E-state index in [-0.39, 0.29) is 5.56 Å². The number of hydrogen-bond acceptors (Lipinski definition) is 5. The van der Waals surface area contributed by atoms with Gasteiger partial charge in [-0.25, -0.2) is 4.68 Å². The molecule has 144 valence electrons. The van der Waals surface area contributed by atoms with Gasteiger partial charge in [0, 0.05) is 55.3 Å². The molecule has 0 unspecified atom stereocenters. The molecule has 1 aliphatic carbocycles. The van der Waals surface area contributed by atoms with E-state index in [0.717, 1.165) is 56.1 Å². The first kappa shape index (κ1) is 18.7. The summed E-state index contributed by atoms with van der Waals surface area (Å²) in [4.78, 5) is 19.0. The topological polar surface area (TPSA) is 41.4 Å². The van der Waals surface area contributed by atoms with Gasteiger partial charge in [0.05, 0.1) is 5.69 Å². The molecule has 0 spiro atoms. The number of aromatic nitrogens is 2. The lowest BCUT2D eigenvalue weighted by molar-refractivity contribution is 0.147. The van der Waals surface area contributed by atoms with E-state index in [1.807, 2.05) is 6.07 Å². The smallest absolute Gasteiger partial charge is 0.271 e. The fraction of sp³-hybridized carbons (Fsp3) is 0.524. The zero-order chi connectivity index (χ0) is 18.8. The van der Waals surface area contributed by atoms with Crippen LogP contribution in [0.4, 0.5) is 0 Å². The second-order valence-corrected chi connectivity index (χ2v) is 8.68. The van der Waals surface area contributed by atoms with E-state index >= 15 is 0 Å². The predicted octanol–water partition coefficient (Wildman–Crippen LogP) is 2.79. The van der Waals surface area contributed by atoms with Crippen molar-refractivity contribution in [3.63, 3.8) is 0 Å². The predicted molar refractivity (Wildman–Crippen MR) is 111 cm³/mol. The summed E-state index contributed by atoms with van der Waals surface area (Å²) < 4.78 is 1.73. The van der Waals surface area contributed by atoms with E-state index in [9.17, 15) is 4.79 Å². The van der Waals surface area contributed by atoms with Gasteiger partial charge in [0.15, 0.2) is 0 Å². The molecule has 0 bridgehead atoms. The van der Waals surface area contributed by atoms with Crippen LogP contribution >= 0.6 is 11.8 Å². The third-order valence-corrected chi connectivity index (χ3v) is 6.26. The third kappa shape index (κ3) is 4.62. The number of hydrogen-bond donors (Lipinski definition) is 0. The van der Waals surface area contributed by atoms with Crippen molar-refractivity contribution in [1.82, 2.24) is 19.6 Å². The summed E-state index contributed by atoms with van der Waals surface area (Å²) in [6.45, 7) is 5.62. The van der Waals surface area contributed by atoms with Crippen LogP contribution in [0.15, 0.2) is 40.0 Å². The van der Waals surface area contributed by atoms with Crippen LogP contribution in [-0.2, 0) is 13.1 Å². The minimum absolute atomic E-state index is 0.0885. The summed E-state index contributed by atoms with van der Waals surface area (Å²) in [5, 5.41) is 4.73. The molecule has 1 aliphatic heterocycles. The Bertz CT molecular complexity index is 854. The molecule has 4 rings (SSSR count). The summed E-state index contributed by atoms with van der Waals surface area (Å²) in [6, 6.07) is 10.5. The normalized spacial score (nSPS) is 18.7. The molecule has 5 nitrogen and oxygen atoms in total. The number of nitrogens with zero attached hydrogens (tertiary/aromatic N) is 4. The lowest BCUT2D eigenvalue weighted by atomic mass is 10.1. The fourth-order valence-electron chi connectivity index (χ4n) is 3.55. The van der Waals surface area contributed by atoms with Crippen LogP contribution in [0, 0.1) is 5.92 Å². The zero-order valence-electron chi connectivity index (χ0n) is 16.2. The van der Waals surface area contributed by atoms with Crippen molar-refractivity contribution in [3.8, 4) is 11.3 Å². The molecule has 0 atom stereocenters. The molecule has 0 N–H and O–H groups in total. The van der Waals surface area contributed by atoms with Gasteiger partial charge in [-0.1, -0.05) is 12.1 Å². The number of piperazine rings is 1. The first-order chi connectivity index (χ1) is 13.1. The minimum atomic E-state index is 0.0885. The van der Waals surface area contributed by atoms with Gasteiger partial charge in [-0.2, -0.15) is 5.10 Å². The molecule has 0 amide bonds. The molecule has 2 heterocycles. The monoisotopic (exact) mass is 384 g/mol. The average Bonchev–Trinajstić information content (AvgIpc) is 3.50. The summed E-state index contributed by atoms with van der Waals surface area (Å²) in [5.74, 6) is 0.625. The summed E-state index contributed by atoms with van der Waals surface area (Å²) in [7, 11) is 2.16. The van der Waals surface area contributed by atoms with Crippen molar-refractivity contribution in [2.24, 2.45) is 5.92 Å². The van der Waals surface area contributed by atoms with Gasteiger partial charge in [-0.05, 0) is 50.3 Å². The maximum atomic E-state index is 13.0. The van der Waals surface area contributed by atoms with Crippen LogP contribution in [-0.4, -0.2) is 59.1 Å². The zero-order valence-corrected chi connectivity index (χ0v) is 17.0. The molecule has 6 heteroatoms. The van der Waals surface area contributed by atoms with Gasteiger partial charge in [-0.15, -0.1) is 11.8 Å². The Morgan fingerprint density at radius 2 is 1.93 bits per heavy atom. The van der Waals surface area contributed by atoms with E-state index < -0.39 is 0 Å². The highest BCUT2D eigenvalue weighted by molar-refractivity contribution is 7.98. The molecule has 2 fully saturated rings. The Balaban J connectivity index is 1.67. The molecule has 2 aliphatic rings. The Morgan fingerprint density at radius 1 is 1.15 bits per heavy atom. The third-order valence-electron chi connectivity index (χ3n) is 5.53. The van der Waals surface area contributed by atoms with E-state index in [4.69, 9.17) is 5.10 Å². The number of rotatable bonds is 6. The van der Waals surface area contributed by atoms with E-state index in [1.165, 1.54) is 17.7 Å². The largest absolute Gasteiger partial charge is 0.304 e. The second-order valence-electron chi connectivity index (χ2n) is 7.80. The molecule has 1 saturated heterocycles. The van der Waals surface area contributed by atoms with Crippen molar-refractivity contribution in [2.45, 2.75) is 30.8 Å². The van der Waals surface area contributed by atoms with Crippen LogP contribution in [0.5, 0.6) is 0 Å². The van der Waals surface area contributed by atoms with Crippen molar-refractivity contribution in [1.29, 1.82) is 0 Å². The molecular formula is C21H28N4OS. The molecule has 27 heavy (non-hydrogen) atoms. The van der Waals surface area contributed by atoms with Crippen LogP contribution in [0.2, 0.25) is 0 Å². The lowest BCUT2D eigenvalue weighted by Gasteiger charge is -2.32. The van der Waals surface area contributed by atoms with Crippen LogP contribution < -0.4 is 5.56 Å². The van der Waals surface area contributed by atoms with Crippen LogP contribution in [0.3, 0.4) is 0 Å². The SMILES string of the molecule is CSc1cccc(-c2cc(CN3CCN(C)CC3)c(=O)n(CC3CC3)n2)c1. The Kier molecular flexibility index (Phi) is 5.66. The maximum absolute atomic E-state index is 13.0.